The molecule has 8 heteroatoms. The number of ether oxygens (including phenoxy) is 1. The van der Waals surface area contributed by atoms with Gasteiger partial charge >= 0.3 is 5.97 Å². The van der Waals surface area contributed by atoms with Crippen LogP contribution in [0.1, 0.15) is 23.0 Å². The highest BCUT2D eigenvalue weighted by molar-refractivity contribution is 7.14. The lowest BCUT2D eigenvalue weighted by Crippen LogP contribution is -2.22. The Hall–Kier alpha value is -2.41. The maximum absolute atomic E-state index is 12.2. The predicted molar refractivity (Wildman–Crippen MR) is 107 cm³/mol. The molecule has 0 saturated heterocycles. The van der Waals surface area contributed by atoms with Crippen molar-refractivity contribution in [2.24, 2.45) is 0 Å². The predicted octanol–water partition coefficient (Wildman–Crippen LogP) is 5.49. The summed E-state index contributed by atoms with van der Waals surface area (Å²) in [7, 11) is 0. The van der Waals surface area contributed by atoms with Gasteiger partial charge in [0, 0.05) is 17.3 Å². The van der Waals surface area contributed by atoms with Gasteiger partial charge in [-0.25, -0.2) is 9.78 Å². The van der Waals surface area contributed by atoms with Crippen LogP contribution in [0.15, 0.2) is 53.9 Å². The maximum Gasteiger partial charge on any atom is 0.340 e. The molecule has 0 aliphatic rings. The second-order valence-corrected chi connectivity index (χ2v) is 7.19. The molecule has 5 nitrogen and oxygen atoms in total. The topological polar surface area (TPSA) is 59.5 Å². The van der Waals surface area contributed by atoms with Crippen LogP contribution >= 0.6 is 34.5 Å². The maximum atomic E-state index is 12.2. The molecule has 27 heavy (non-hydrogen) atoms. The number of aromatic nitrogens is 1. The van der Waals surface area contributed by atoms with E-state index in [4.69, 9.17) is 27.9 Å². The summed E-state index contributed by atoms with van der Waals surface area (Å²) in [6.45, 7) is 1.42. The van der Waals surface area contributed by atoms with Crippen LogP contribution in [0.3, 0.4) is 0 Å². The minimum absolute atomic E-state index is 0.0429. The van der Waals surface area contributed by atoms with E-state index in [1.807, 2.05) is 30.3 Å². The van der Waals surface area contributed by atoms with Crippen LogP contribution in [-0.2, 0) is 16.1 Å². The minimum Gasteiger partial charge on any atom is -0.456 e. The Morgan fingerprint density at radius 2 is 1.89 bits per heavy atom. The molecule has 1 aromatic heterocycles. The number of rotatable bonds is 5. The van der Waals surface area contributed by atoms with E-state index in [1.165, 1.54) is 35.3 Å². The van der Waals surface area contributed by atoms with Gasteiger partial charge in [0.1, 0.15) is 6.61 Å². The molecule has 3 rings (SSSR count). The number of thiazole rings is 1. The summed E-state index contributed by atoms with van der Waals surface area (Å²) in [4.78, 5) is 30.2. The molecular formula is C19H14Cl2N2O3S. The zero-order valence-electron chi connectivity index (χ0n) is 14.2. The van der Waals surface area contributed by atoms with E-state index in [2.05, 4.69) is 4.98 Å². The molecule has 3 aromatic rings. The largest absolute Gasteiger partial charge is 0.456 e. The van der Waals surface area contributed by atoms with E-state index >= 15 is 0 Å². The molecule has 2 aromatic carbocycles. The molecule has 0 aliphatic carbocycles. The first-order valence-corrected chi connectivity index (χ1v) is 9.51. The van der Waals surface area contributed by atoms with Crippen LogP contribution in [0.25, 0.3) is 0 Å². The lowest BCUT2D eigenvalue weighted by molar-refractivity contribution is -0.115. The lowest BCUT2D eigenvalue weighted by Gasteiger charge is -2.17. The first-order valence-electron chi connectivity index (χ1n) is 7.88. The van der Waals surface area contributed by atoms with Crippen molar-refractivity contribution in [3.63, 3.8) is 0 Å². The van der Waals surface area contributed by atoms with E-state index in [9.17, 15) is 9.59 Å². The van der Waals surface area contributed by atoms with Crippen LogP contribution in [0.2, 0.25) is 10.0 Å². The molecule has 0 aliphatic heterocycles. The summed E-state index contributed by atoms with van der Waals surface area (Å²) in [5.41, 5.74) is 1.44. The number of esters is 1. The SMILES string of the molecule is CC(=O)N(c1ccccc1)c1nc(COC(=O)c2cc(Cl)ccc2Cl)cs1. The fraction of sp³-hybridized carbons (Fsp3) is 0.105. The molecule has 0 unspecified atom stereocenters. The highest BCUT2D eigenvalue weighted by atomic mass is 35.5. The smallest absolute Gasteiger partial charge is 0.340 e. The Kier molecular flexibility index (Phi) is 6.11. The van der Waals surface area contributed by atoms with Crippen LogP contribution in [-0.4, -0.2) is 16.9 Å². The van der Waals surface area contributed by atoms with Crippen molar-refractivity contribution >= 4 is 57.2 Å². The third-order valence-corrected chi connectivity index (χ3v) is 5.00. The van der Waals surface area contributed by atoms with Crippen LogP contribution in [0.4, 0.5) is 10.8 Å². The molecule has 1 heterocycles. The van der Waals surface area contributed by atoms with Gasteiger partial charge < -0.3 is 4.74 Å². The standard InChI is InChI=1S/C19H14Cl2N2O3S/c1-12(24)23(15-5-3-2-4-6-15)19-22-14(11-27-19)10-26-18(25)16-9-13(20)7-8-17(16)21/h2-9,11H,10H2,1H3. The van der Waals surface area contributed by atoms with Gasteiger partial charge in [0.15, 0.2) is 5.13 Å². The van der Waals surface area contributed by atoms with Crippen molar-refractivity contribution in [2.45, 2.75) is 13.5 Å². The Balaban J connectivity index is 1.73. The van der Waals surface area contributed by atoms with Crippen LogP contribution < -0.4 is 4.90 Å². The zero-order chi connectivity index (χ0) is 19.4. The molecule has 0 radical (unpaired) electrons. The summed E-state index contributed by atoms with van der Waals surface area (Å²) in [5, 5.41) is 2.89. The van der Waals surface area contributed by atoms with E-state index < -0.39 is 5.97 Å². The number of carbonyl (C=O) groups excluding carboxylic acids is 2. The molecule has 0 fully saturated rings. The number of nitrogens with zero attached hydrogens (tertiary/aromatic N) is 2. The Morgan fingerprint density at radius 3 is 2.59 bits per heavy atom. The minimum atomic E-state index is -0.594. The number of carbonyl (C=O) groups is 2. The second-order valence-electron chi connectivity index (χ2n) is 5.51. The van der Waals surface area contributed by atoms with Crippen molar-refractivity contribution < 1.29 is 14.3 Å². The van der Waals surface area contributed by atoms with Crippen LogP contribution in [0, 0.1) is 0 Å². The van der Waals surface area contributed by atoms with E-state index in [-0.39, 0.29) is 23.1 Å². The van der Waals surface area contributed by atoms with E-state index in [0.717, 1.165) is 0 Å². The van der Waals surface area contributed by atoms with Crippen LogP contribution in [0.5, 0.6) is 0 Å². The van der Waals surface area contributed by atoms with E-state index in [0.29, 0.717) is 21.5 Å². The number of amides is 1. The Morgan fingerprint density at radius 1 is 1.15 bits per heavy atom. The molecular weight excluding hydrogens is 407 g/mol. The Labute approximate surface area is 170 Å². The lowest BCUT2D eigenvalue weighted by atomic mass is 10.2. The molecule has 0 spiro atoms. The summed E-state index contributed by atoms with van der Waals surface area (Å²) in [5.74, 6) is -0.756. The van der Waals surface area contributed by atoms with E-state index in [1.54, 1.807) is 11.4 Å². The van der Waals surface area contributed by atoms with Gasteiger partial charge in [-0.05, 0) is 30.3 Å². The van der Waals surface area contributed by atoms with Gasteiger partial charge in [-0.1, -0.05) is 41.4 Å². The number of para-hydroxylation sites is 1. The third-order valence-electron chi connectivity index (χ3n) is 3.56. The highest BCUT2D eigenvalue weighted by Crippen LogP contribution is 2.29. The third kappa shape index (κ3) is 4.66. The van der Waals surface area contributed by atoms with Gasteiger partial charge in [-0.3, -0.25) is 9.69 Å². The van der Waals surface area contributed by atoms with Crippen molar-refractivity contribution in [3.8, 4) is 0 Å². The zero-order valence-corrected chi connectivity index (χ0v) is 16.5. The Bertz CT molecular complexity index is 976. The molecule has 0 atom stereocenters. The fourth-order valence-electron chi connectivity index (χ4n) is 2.34. The normalized spacial score (nSPS) is 10.5. The number of anilines is 2. The average Bonchev–Trinajstić information content (AvgIpc) is 3.11. The first kappa shape index (κ1) is 19.4. The van der Waals surface area contributed by atoms with Crippen molar-refractivity contribution in [2.75, 3.05) is 4.90 Å². The van der Waals surface area contributed by atoms with Gasteiger partial charge in [-0.15, -0.1) is 11.3 Å². The number of halogens is 2. The molecule has 0 saturated carbocycles. The van der Waals surface area contributed by atoms with Crippen molar-refractivity contribution in [1.29, 1.82) is 0 Å². The number of hydrogen-bond acceptors (Lipinski definition) is 5. The summed E-state index contributed by atoms with van der Waals surface area (Å²) < 4.78 is 5.27. The average molecular weight is 421 g/mol. The fourth-order valence-corrected chi connectivity index (χ4v) is 3.58. The number of hydrogen-bond donors (Lipinski definition) is 0. The monoisotopic (exact) mass is 420 g/mol. The van der Waals surface area contributed by atoms with Crippen molar-refractivity contribution in [3.05, 3.63) is 75.2 Å². The summed E-state index contributed by atoms with van der Waals surface area (Å²) >= 11 is 13.2. The molecule has 0 bridgehead atoms. The van der Waals surface area contributed by atoms with Gasteiger partial charge in [0.05, 0.1) is 22.0 Å². The quantitative estimate of drug-likeness (QED) is 0.511. The summed E-state index contributed by atoms with van der Waals surface area (Å²) in [6, 6.07) is 13.8. The second kappa shape index (κ2) is 8.52. The first-order chi connectivity index (χ1) is 13.0. The van der Waals surface area contributed by atoms with Gasteiger partial charge in [0.2, 0.25) is 5.91 Å². The van der Waals surface area contributed by atoms with Gasteiger partial charge in [0.25, 0.3) is 0 Å². The number of benzene rings is 2. The van der Waals surface area contributed by atoms with Crippen molar-refractivity contribution in [1.82, 2.24) is 4.98 Å². The molecule has 1 amide bonds. The summed E-state index contributed by atoms with van der Waals surface area (Å²) in [6.07, 6.45) is 0. The molecule has 138 valence electrons. The van der Waals surface area contributed by atoms with Gasteiger partial charge in [-0.2, -0.15) is 0 Å². The molecule has 0 N–H and O–H groups in total. The highest BCUT2D eigenvalue weighted by Gasteiger charge is 2.19.